The summed E-state index contributed by atoms with van der Waals surface area (Å²) in [5.74, 6) is -5.80. The molecule has 1 fully saturated rings. The van der Waals surface area contributed by atoms with E-state index in [9.17, 15) is 41.9 Å². The fourth-order valence-electron chi connectivity index (χ4n) is 5.55. The maximum Gasteiger partial charge on any atom is 0.371 e. The van der Waals surface area contributed by atoms with Crippen molar-refractivity contribution in [2.24, 2.45) is 0 Å². The van der Waals surface area contributed by atoms with Crippen LogP contribution in [0.4, 0.5) is 10.1 Å². The standard InChI is InChI=1S/C36H35FN4O10S/c1-19(34(45)39-17-20-5-4-6-23(13-20)28(42)16-29(43)36(47)48)40-31(44)18-41(52(3,49)50)27-15-30-26(14-25(27)21-7-8-21)32(35(46)38-2)33(51-30)22-9-11-24(37)12-10-22/h4-6,9-16,19,21,43H,7-8,17-18H2,1-3H3,(H,38,46)(H,39,45)(H,40,44)(H,47,48)/b29-16-. The van der Waals surface area contributed by atoms with Crippen molar-refractivity contribution >= 4 is 56.2 Å². The molecule has 5 rings (SSSR count). The number of sulfonamides is 1. The summed E-state index contributed by atoms with van der Waals surface area (Å²) in [6, 6.07) is 13.3. The summed E-state index contributed by atoms with van der Waals surface area (Å²) in [5, 5.41) is 26.3. The second-order valence-corrected chi connectivity index (χ2v) is 14.2. The summed E-state index contributed by atoms with van der Waals surface area (Å²) >= 11 is 0. The number of ketones is 1. The summed E-state index contributed by atoms with van der Waals surface area (Å²) in [4.78, 5) is 62.3. The number of furan rings is 1. The first-order valence-electron chi connectivity index (χ1n) is 16.0. The highest BCUT2D eigenvalue weighted by Crippen LogP contribution is 2.48. The van der Waals surface area contributed by atoms with E-state index in [-0.39, 0.29) is 40.6 Å². The lowest BCUT2D eigenvalue weighted by molar-refractivity contribution is -0.135. The van der Waals surface area contributed by atoms with Gasteiger partial charge >= 0.3 is 5.97 Å². The van der Waals surface area contributed by atoms with Crippen molar-refractivity contribution in [3.8, 4) is 11.3 Å². The fourth-order valence-corrected chi connectivity index (χ4v) is 6.42. The highest BCUT2D eigenvalue weighted by atomic mass is 32.2. The Bertz CT molecular complexity index is 2230. The second kappa shape index (κ2) is 15.1. The minimum atomic E-state index is -4.09. The third-order valence-corrected chi connectivity index (χ3v) is 9.43. The molecule has 0 saturated heterocycles. The van der Waals surface area contributed by atoms with Gasteiger partial charge < -0.3 is 30.6 Å². The van der Waals surface area contributed by atoms with Gasteiger partial charge in [0.25, 0.3) is 5.91 Å². The summed E-state index contributed by atoms with van der Waals surface area (Å²) in [6.07, 6.45) is 2.99. The van der Waals surface area contributed by atoms with Gasteiger partial charge in [0.15, 0.2) is 5.78 Å². The quantitative estimate of drug-likeness (QED) is 0.0719. The Labute approximate surface area is 297 Å². The van der Waals surface area contributed by atoms with Crippen molar-refractivity contribution in [3.63, 3.8) is 0 Å². The molecular weight excluding hydrogens is 699 g/mol. The molecule has 1 heterocycles. The molecule has 0 bridgehead atoms. The Balaban J connectivity index is 1.35. The Morgan fingerprint density at radius 2 is 1.73 bits per heavy atom. The summed E-state index contributed by atoms with van der Waals surface area (Å²) < 4.78 is 47.1. The average Bonchev–Trinajstić information content (AvgIpc) is 3.88. The zero-order valence-corrected chi connectivity index (χ0v) is 29.0. The Hall–Kier alpha value is -6.03. The number of hydrogen-bond acceptors (Lipinski definition) is 9. The molecule has 4 aromatic rings. The number of anilines is 1. The molecule has 0 aliphatic heterocycles. The molecule has 1 atom stereocenters. The van der Waals surface area contributed by atoms with E-state index in [2.05, 4.69) is 16.0 Å². The average molecular weight is 735 g/mol. The van der Waals surface area contributed by atoms with Crippen LogP contribution in [0.5, 0.6) is 0 Å². The van der Waals surface area contributed by atoms with Crippen molar-refractivity contribution in [1.82, 2.24) is 16.0 Å². The lowest BCUT2D eigenvalue weighted by Crippen LogP contribution is -2.48. The van der Waals surface area contributed by atoms with Crippen LogP contribution in [0, 0.1) is 5.82 Å². The third kappa shape index (κ3) is 8.46. The molecule has 5 N–H and O–H groups in total. The second-order valence-electron chi connectivity index (χ2n) is 12.2. The number of benzene rings is 3. The van der Waals surface area contributed by atoms with Gasteiger partial charge in [-0.05, 0) is 73.2 Å². The smallest absolute Gasteiger partial charge is 0.371 e. The topological polar surface area (TPSA) is 212 Å². The van der Waals surface area contributed by atoms with Gasteiger partial charge in [0.1, 0.15) is 29.7 Å². The molecule has 52 heavy (non-hydrogen) atoms. The number of amides is 3. The molecule has 1 saturated carbocycles. The number of aliphatic hydroxyl groups is 1. The molecule has 3 aromatic carbocycles. The first-order chi connectivity index (χ1) is 24.6. The third-order valence-electron chi connectivity index (χ3n) is 8.31. The summed E-state index contributed by atoms with van der Waals surface area (Å²) in [6.45, 7) is 0.645. The van der Waals surface area contributed by atoms with Crippen LogP contribution in [-0.4, -0.2) is 74.0 Å². The van der Waals surface area contributed by atoms with Crippen LogP contribution in [0.25, 0.3) is 22.3 Å². The number of carboxylic acid groups (broad SMARTS) is 1. The largest absolute Gasteiger partial charge is 0.502 e. The van der Waals surface area contributed by atoms with Crippen molar-refractivity contribution < 1.29 is 51.4 Å². The molecule has 1 unspecified atom stereocenters. The minimum Gasteiger partial charge on any atom is -0.502 e. The number of rotatable bonds is 14. The monoisotopic (exact) mass is 734 g/mol. The number of allylic oxidation sites excluding steroid dienone is 1. The Kier molecular flexibility index (Phi) is 10.8. The maximum atomic E-state index is 13.7. The van der Waals surface area contributed by atoms with Crippen molar-refractivity contribution in [2.75, 3.05) is 24.2 Å². The molecule has 14 nitrogen and oxygen atoms in total. The van der Waals surface area contributed by atoms with Crippen molar-refractivity contribution in [3.05, 3.63) is 101 Å². The fraction of sp³-hybridized carbons (Fsp3) is 0.250. The van der Waals surface area contributed by atoms with Gasteiger partial charge in [-0.3, -0.25) is 23.5 Å². The van der Waals surface area contributed by atoms with Crippen LogP contribution in [0.15, 0.2) is 76.9 Å². The zero-order valence-electron chi connectivity index (χ0n) is 28.2. The van der Waals surface area contributed by atoms with Gasteiger partial charge in [0, 0.05) is 42.2 Å². The molecule has 1 aromatic heterocycles. The normalized spacial score (nSPS) is 13.7. The highest BCUT2D eigenvalue weighted by Gasteiger charge is 2.34. The molecule has 1 aliphatic rings. The lowest BCUT2D eigenvalue weighted by Gasteiger charge is -2.25. The number of halogens is 1. The number of carbonyl (C=O) groups is 5. The van der Waals surface area contributed by atoms with Crippen LogP contribution >= 0.6 is 0 Å². The number of aliphatic carboxylic acids is 1. The SMILES string of the molecule is CNC(=O)c1c(-c2ccc(F)cc2)oc2cc(N(CC(=O)NC(C)C(=O)NCc3cccc(C(=O)/C=C(\O)C(=O)O)c3)S(C)(=O)=O)c(C3CC3)cc12. The summed E-state index contributed by atoms with van der Waals surface area (Å²) in [7, 11) is -2.63. The van der Waals surface area contributed by atoms with E-state index in [1.807, 2.05) is 0 Å². The van der Waals surface area contributed by atoms with Gasteiger partial charge in [-0.2, -0.15) is 0 Å². The zero-order chi connectivity index (χ0) is 37.9. The van der Waals surface area contributed by atoms with Crippen LogP contribution in [0.2, 0.25) is 0 Å². The number of carbonyl (C=O) groups excluding carboxylic acids is 4. The molecular formula is C36H35FN4O10S. The van der Waals surface area contributed by atoms with Crippen LogP contribution in [0.3, 0.4) is 0 Å². The predicted molar refractivity (Wildman–Crippen MR) is 188 cm³/mol. The lowest BCUT2D eigenvalue weighted by atomic mass is 10.0. The molecule has 3 amide bonds. The first kappa shape index (κ1) is 37.2. The predicted octanol–water partition coefficient (Wildman–Crippen LogP) is 3.77. The molecule has 1 aliphatic carbocycles. The first-order valence-corrected chi connectivity index (χ1v) is 17.8. The van der Waals surface area contributed by atoms with E-state index in [0.717, 1.165) is 23.4 Å². The number of hydrogen-bond donors (Lipinski definition) is 5. The van der Waals surface area contributed by atoms with E-state index in [4.69, 9.17) is 9.52 Å². The number of carboxylic acids is 1. The Morgan fingerprint density at radius 3 is 2.35 bits per heavy atom. The number of nitrogens with zero attached hydrogens (tertiary/aromatic N) is 1. The van der Waals surface area contributed by atoms with Gasteiger partial charge in [-0.15, -0.1) is 0 Å². The number of nitrogens with one attached hydrogen (secondary N) is 3. The maximum absolute atomic E-state index is 13.7. The Morgan fingerprint density at radius 1 is 1.04 bits per heavy atom. The van der Waals surface area contributed by atoms with E-state index in [1.165, 1.54) is 62.5 Å². The van der Waals surface area contributed by atoms with E-state index in [0.29, 0.717) is 28.2 Å². The van der Waals surface area contributed by atoms with Crippen LogP contribution in [-0.2, 0) is 31.0 Å². The van der Waals surface area contributed by atoms with E-state index in [1.54, 1.807) is 12.1 Å². The van der Waals surface area contributed by atoms with Crippen LogP contribution in [0.1, 0.15) is 57.5 Å². The number of fused-ring (bicyclic) bond motifs is 1. The molecule has 0 radical (unpaired) electrons. The van der Waals surface area contributed by atoms with Gasteiger partial charge in [0.05, 0.1) is 17.5 Å². The van der Waals surface area contributed by atoms with E-state index >= 15 is 0 Å². The van der Waals surface area contributed by atoms with Crippen molar-refractivity contribution in [1.29, 1.82) is 0 Å². The van der Waals surface area contributed by atoms with Crippen molar-refractivity contribution in [2.45, 2.75) is 38.3 Å². The van der Waals surface area contributed by atoms with Gasteiger partial charge in [0.2, 0.25) is 27.6 Å². The molecule has 16 heteroatoms. The van der Waals surface area contributed by atoms with E-state index < -0.39 is 63.7 Å². The minimum absolute atomic E-state index is 0.0502. The van der Waals surface area contributed by atoms with Gasteiger partial charge in [-0.25, -0.2) is 17.6 Å². The van der Waals surface area contributed by atoms with Crippen LogP contribution < -0.4 is 20.3 Å². The molecule has 272 valence electrons. The molecule has 0 spiro atoms. The highest BCUT2D eigenvalue weighted by molar-refractivity contribution is 7.92. The van der Waals surface area contributed by atoms with Gasteiger partial charge in [-0.1, -0.05) is 18.2 Å². The number of aliphatic hydroxyl groups excluding tert-OH is 1. The summed E-state index contributed by atoms with van der Waals surface area (Å²) in [5.41, 5.74) is 2.07.